The van der Waals surface area contributed by atoms with Crippen LogP contribution in [-0.4, -0.2) is 10.7 Å². The van der Waals surface area contributed by atoms with Crippen LogP contribution in [0, 0.1) is 22.8 Å². The lowest BCUT2D eigenvalue weighted by atomic mass is 9.90. The molecule has 1 aliphatic carbocycles. The third kappa shape index (κ3) is 1.93. The molecule has 4 rings (SSSR count). The molecule has 110 valence electrons. The van der Waals surface area contributed by atoms with E-state index in [1.54, 1.807) is 4.90 Å². The minimum atomic E-state index is 0.111. The highest BCUT2D eigenvalue weighted by Crippen LogP contribution is 2.38. The molecule has 2 aromatic carbocycles. The minimum Gasteiger partial charge on any atom is -0.302 e. The number of hydrogen-bond donors (Lipinski definition) is 0. The Morgan fingerprint density at radius 3 is 2.61 bits per heavy atom. The second-order valence-corrected chi connectivity index (χ2v) is 5.95. The fourth-order valence-corrected chi connectivity index (χ4v) is 3.66. The summed E-state index contributed by atoms with van der Waals surface area (Å²) in [7, 11) is 0. The molecule has 0 radical (unpaired) electrons. The van der Waals surface area contributed by atoms with Crippen molar-refractivity contribution in [1.82, 2.24) is 4.90 Å². The van der Waals surface area contributed by atoms with Crippen molar-refractivity contribution in [2.75, 3.05) is 0 Å². The van der Waals surface area contributed by atoms with Gasteiger partial charge in [-0.25, -0.2) is 0 Å². The molecule has 0 unspecified atom stereocenters. The molecule has 0 bridgehead atoms. The summed E-state index contributed by atoms with van der Waals surface area (Å²) in [6.45, 7) is 1.19. The van der Waals surface area contributed by atoms with E-state index >= 15 is 0 Å². The first-order valence-corrected chi connectivity index (χ1v) is 7.58. The second-order valence-electron chi connectivity index (χ2n) is 5.95. The normalized spacial score (nSPS) is 15.0. The van der Waals surface area contributed by atoms with E-state index < -0.39 is 0 Å². The lowest BCUT2D eigenvalue weighted by Gasteiger charge is -2.13. The van der Waals surface area contributed by atoms with E-state index in [-0.39, 0.29) is 5.78 Å². The van der Waals surface area contributed by atoms with Crippen LogP contribution in [0.15, 0.2) is 30.3 Å². The molecule has 0 N–H and O–H groups in total. The van der Waals surface area contributed by atoms with Crippen LogP contribution >= 0.6 is 0 Å². The first-order valence-electron chi connectivity index (χ1n) is 7.58. The van der Waals surface area contributed by atoms with E-state index in [0.29, 0.717) is 37.1 Å². The fourth-order valence-electron chi connectivity index (χ4n) is 3.66. The van der Waals surface area contributed by atoms with Gasteiger partial charge in [0, 0.05) is 12.0 Å². The number of ketones is 1. The lowest BCUT2D eigenvalue weighted by Crippen LogP contribution is -2.07. The van der Waals surface area contributed by atoms with Crippen molar-refractivity contribution in [2.24, 2.45) is 0 Å². The van der Waals surface area contributed by atoms with Crippen LogP contribution in [0.25, 0.3) is 11.1 Å². The van der Waals surface area contributed by atoms with Crippen molar-refractivity contribution in [3.8, 4) is 23.4 Å². The molecule has 0 fully saturated rings. The summed E-state index contributed by atoms with van der Waals surface area (Å²) in [5.74, 6) is 0.111. The molecule has 2 aliphatic rings. The Kier molecular flexibility index (Phi) is 2.93. The first-order chi connectivity index (χ1) is 11.2. The molecule has 23 heavy (non-hydrogen) atoms. The third-order valence-electron chi connectivity index (χ3n) is 4.73. The Morgan fingerprint density at radius 2 is 1.83 bits per heavy atom. The molecule has 0 aromatic heterocycles. The van der Waals surface area contributed by atoms with E-state index in [1.165, 1.54) is 0 Å². The van der Waals surface area contributed by atoms with Crippen LogP contribution in [-0.2, 0) is 19.5 Å². The zero-order chi connectivity index (χ0) is 16.0. The maximum absolute atomic E-state index is 12.4. The summed E-state index contributed by atoms with van der Waals surface area (Å²) in [6, 6.07) is 11.9. The average Bonchev–Trinajstić information content (AvgIpc) is 3.18. The molecular weight excluding hydrogens is 286 g/mol. The van der Waals surface area contributed by atoms with Gasteiger partial charge in [-0.1, -0.05) is 24.3 Å². The van der Waals surface area contributed by atoms with Gasteiger partial charge in [0.05, 0.1) is 24.7 Å². The summed E-state index contributed by atoms with van der Waals surface area (Å²) in [5.41, 5.74) is 6.33. The topological polar surface area (TPSA) is 67.9 Å². The van der Waals surface area contributed by atoms with Crippen molar-refractivity contribution >= 4 is 5.78 Å². The third-order valence-corrected chi connectivity index (χ3v) is 4.73. The summed E-state index contributed by atoms with van der Waals surface area (Å²) in [5, 5.41) is 18.4. The molecule has 1 heterocycles. The fraction of sp³-hybridized carbons (Fsp3) is 0.211. The Labute approximate surface area is 134 Å². The predicted octanol–water partition coefficient (Wildman–Crippen LogP) is 3.15. The molecule has 1 aliphatic heterocycles. The largest absolute Gasteiger partial charge is 0.302 e. The molecule has 0 atom stereocenters. The number of Topliss-reactive ketones (excluding diaryl/α,β-unsaturated/α-hetero) is 1. The Balaban J connectivity index is 1.94. The lowest BCUT2D eigenvalue weighted by molar-refractivity contribution is 0.0995. The number of nitriles is 2. The van der Waals surface area contributed by atoms with E-state index in [0.717, 1.165) is 27.8 Å². The van der Waals surface area contributed by atoms with Crippen LogP contribution in [0.1, 0.15) is 39.0 Å². The van der Waals surface area contributed by atoms with E-state index in [2.05, 4.69) is 12.3 Å². The van der Waals surface area contributed by atoms with Gasteiger partial charge in [-0.2, -0.15) is 10.5 Å². The maximum atomic E-state index is 12.4. The molecule has 2 aromatic rings. The monoisotopic (exact) mass is 299 g/mol. The van der Waals surface area contributed by atoms with Gasteiger partial charge in [0.1, 0.15) is 0 Å². The average molecular weight is 299 g/mol. The Hall–Kier alpha value is -3.11. The van der Waals surface area contributed by atoms with Gasteiger partial charge < -0.3 is 4.90 Å². The van der Waals surface area contributed by atoms with Gasteiger partial charge >= 0.3 is 0 Å². The molecular formula is C19H13N3O. The van der Waals surface area contributed by atoms with Crippen LogP contribution < -0.4 is 0 Å². The first kappa shape index (κ1) is 13.5. The highest BCUT2D eigenvalue weighted by molar-refractivity contribution is 6.07. The molecule has 0 saturated carbocycles. The highest BCUT2D eigenvalue weighted by Gasteiger charge is 2.29. The zero-order valence-corrected chi connectivity index (χ0v) is 12.5. The predicted molar refractivity (Wildman–Crippen MR) is 84.1 cm³/mol. The summed E-state index contributed by atoms with van der Waals surface area (Å²) >= 11 is 0. The van der Waals surface area contributed by atoms with Gasteiger partial charge in [0.15, 0.2) is 12.0 Å². The van der Waals surface area contributed by atoms with Crippen molar-refractivity contribution in [1.29, 1.82) is 10.5 Å². The number of carbonyl (C=O) groups excluding carboxylic acids is 1. The summed E-state index contributed by atoms with van der Waals surface area (Å²) in [4.78, 5) is 14.1. The van der Waals surface area contributed by atoms with E-state index in [4.69, 9.17) is 5.26 Å². The van der Waals surface area contributed by atoms with Crippen molar-refractivity contribution in [3.63, 3.8) is 0 Å². The Bertz CT molecular complexity index is 931. The SMILES string of the molecule is N#Cc1ccc(-c2cccc3c2CN(C#N)C3)c2c1CCC2=O. The number of rotatable bonds is 1. The van der Waals surface area contributed by atoms with Gasteiger partial charge in [0.25, 0.3) is 0 Å². The second kappa shape index (κ2) is 4.97. The van der Waals surface area contributed by atoms with Crippen molar-refractivity contribution < 1.29 is 4.79 Å². The van der Waals surface area contributed by atoms with Gasteiger partial charge in [0.2, 0.25) is 0 Å². The summed E-state index contributed by atoms with van der Waals surface area (Å²) < 4.78 is 0. The Morgan fingerprint density at radius 1 is 0.957 bits per heavy atom. The molecule has 0 saturated heterocycles. The highest BCUT2D eigenvalue weighted by atomic mass is 16.1. The number of carbonyl (C=O) groups is 1. The maximum Gasteiger partial charge on any atom is 0.179 e. The van der Waals surface area contributed by atoms with Crippen LogP contribution in [0.5, 0.6) is 0 Å². The smallest absolute Gasteiger partial charge is 0.179 e. The number of hydrogen-bond acceptors (Lipinski definition) is 4. The summed E-state index contributed by atoms with van der Waals surface area (Å²) in [6.07, 6.45) is 3.31. The molecule has 4 nitrogen and oxygen atoms in total. The minimum absolute atomic E-state index is 0.111. The van der Waals surface area contributed by atoms with Crippen LogP contribution in [0.3, 0.4) is 0 Å². The quantitative estimate of drug-likeness (QED) is 0.759. The number of fused-ring (bicyclic) bond motifs is 2. The van der Waals surface area contributed by atoms with Crippen molar-refractivity contribution in [3.05, 3.63) is 58.1 Å². The van der Waals surface area contributed by atoms with Crippen LogP contribution in [0.4, 0.5) is 0 Å². The van der Waals surface area contributed by atoms with E-state index in [9.17, 15) is 10.1 Å². The molecule has 4 heteroatoms. The zero-order valence-electron chi connectivity index (χ0n) is 12.5. The van der Waals surface area contributed by atoms with Crippen molar-refractivity contribution in [2.45, 2.75) is 25.9 Å². The number of nitrogens with zero attached hydrogens (tertiary/aromatic N) is 3. The molecule has 0 spiro atoms. The van der Waals surface area contributed by atoms with E-state index in [1.807, 2.05) is 30.3 Å². The molecule has 0 amide bonds. The van der Waals surface area contributed by atoms with Gasteiger partial charge in [-0.3, -0.25) is 4.79 Å². The number of benzene rings is 2. The van der Waals surface area contributed by atoms with Crippen LogP contribution in [0.2, 0.25) is 0 Å². The van der Waals surface area contributed by atoms with Gasteiger partial charge in [-0.15, -0.1) is 0 Å². The standard InChI is InChI=1S/C19H13N3O/c20-8-12-4-5-16(19-14(12)6-7-18(19)23)15-3-1-2-13-9-22(11-21)10-17(13)15/h1-5H,6-7,9-10H2. The van der Waals surface area contributed by atoms with Gasteiger partial charge in [-0.05, 0) is 40.3 Å².